The summed E-state index contributed by atoms with van der Waals surface area (Å²) >= 11 is 0. The first-order valence-corrected chi connectivity index (χ1v) is 6.59. The van der Waals surface area contributed by atoms with Crippen LogP contribution >= 0.6 is 7.92 Å². The minimum Gasteiger partial charge on any atom is -0.107 e. The minimum atomic E-state index is 0.403. The lowest BCUT2D eigenvalue weighted by atomic mass is 10.0. The molecule has 0 spiro atoms. The lowest BCUT2D eigenvalue weighted by molar-refractivity contribution is 0.511. The molecule has 0 aromatic carbocycles. The first-order valence-electron chi connectivity index (χ1n) is 4.55. The molecule has 0 heterocycles. The van der Waals surface area contributed by atoms with E-state index >= 15 is 0 Å². The van der Waals surface area contributed by atoms with Crippen molar-refractivity contribution >= 4 is 7.92 Å². The smallest absolute Gasteiger partial charge is 0.0212 e. The zero-order valence-corrected chi connectivity index (χ0v) is 8.16. The van der Waals surface area contributed by atoms with Gasteiger partial charge in [-0.25, -0.2) is 0 Å². The lowest BCUT2D eigenvalue weighted by Gasteiger charge is -2.27. The van der Waals surface area contributed by atoms with Crippen molar-refractivity contribution < 1.29 is 0 Å². The summed E-state index contributed by atoms with van der Waals surface area (Å²) in [6.07, 6.45) is 9.05. The van der Waals surface area contributed by atoms with Crippen molar-refractivity contribution in [2.24, 2.45) is 0 Å². The van der Waals surface area contributed by atoms with Crippen LogP contribution in [-0.4, -0.2) is 18.5 Å². The van der Waals surface area contributed by atoms with Crippen LogP contribution in [0.15, 0.2) is 0 Å². The Balaban J connectivity index is 2.24. The van der Waals surface area contributed by atoms with E-state index in [1.165, 1.54) is 38.3 Å². The maximum absolute atomic E-state index is 2.48. The Kier molecular flexibility index (Phi) is 3.70. The second kappa shape index (κ2) is 4.34. The Labute approximate surface area is 66.2 Å². The number of hydrogen-bond donors (Lipinski definition) is 0. The van der Waals surface area contributed by atoms with Crippen LogP contribution in [0.2, 0.25) is 0 Å². The molecule has 1 rings (SSSR count). The summed E-state index contributed by atoms with van der Waals surface area (Å²) < 4.78 is 0. The first-order chi connectivity index (χ1) is 4.84. The summed E-state index contributed by atoms with van der Waals surface area (Å²) in [4.78, 5) is 0. The quantitative estimate of drug-likeness (QED) is 0.540. The van der Waals surface area contributed by atoms with Crippen LogP contribution in [0.4, 0.5) is 0 Å². The summed E-state index contributed by atoms with van der Waals surface area (Å²) in [6.45, 7) is 4.83. The van der Waals surface area contributed by atoms with E-state index in [4.69, 9.17) is 0 Å². The molecule has 0 amide bonds. The van der Waals surface area contributed by atoms with E-state index in [-0.39, 0.29) is 0 Å². The van der Waals surface area contributed by atoms with Crippen LogP contribution in [0.5, 0.6) is 0 Å². The second-order valence-corrected chi connectivity index (χ2v) is 6.24. The van der Waals surface area contributed by atoms with Gasteiger partial charge >= 0.3 is 0 Å². The van der Waals surface area contributed by atoms with Gasteiger partial charge in [-0.3, -0.25) is 0 Å². The van der Waals surface area contributed by atoms with Crippen molar-refractivity contribution in [3.63, 3.8) is 0 Å². The van der Waals surface area contributed by atoms with Crippen molar-refractivity contribution in [3.05, 3.63) is 0 Å². The van der Waals surface area contributed by atoms with Crippen molar-refractivity contribution in [2.45, 2.75) is 44.7 Å². The van der Waals surface area contributed by atoms with Crippen LogP contribution in [0.25, 0.3) is 0 Å². The molecule has 0 aromatic heterocycles. The van der Waals surface area contributed by atoms with E-state index in [0.717, 1.165) is 5.66 Å². The molecule has 0 radical (unpaired) electrons. The molecule has 1 aliphatic carbocycles. The summed E-state index contributed by atoms with van der Waals surface area (Å²) in [7, 11) is 0.403. The lowest BCUT2D eigenvalue weighted by Crippen LogP contribution is -2.10. The third-order valence-corrected chi connectivity index (χ3v) is 5.46. The molecule has 0 saturated heterocycles. The average molecular weight is 158 g/mol. The zero-order valence-electron chi connectivity index (χ0n) is 7.27. The fraction of sp³-hybridized carbons (Fsp3) is 1.00. The zero-order chi connectivity index (χ0) is 7.40. The fourth-order valence-electron chi connectivity index (χ4n) is 1.78. The molecule has 10 heavy (non-hydrogen) atoms. The summed E-state index contributed by atoms with van der Waals surface area (Å²) in [5.41, 5.74) is 1.13. The van der Waals surface area contributed by atoms with E-state index in [2.05, 4.69) is 13.6 Å². The highest BCUT2D eigenvalue weighted by molar-refractivity contribution is 7.57. The topological polar surface area (TPSA) is 0 Å². The van der Waals surface area contributed by atoms with Gasteiger partial charge in [0.25, 0.3) is 0 Å². The Bertz CT molecular complexity index is 84.7. The van der Waals surface area contributed by atoms with E-state index in [9.17, 15) is 0 Å². The average Bonchev–Trinajstić information content (AvgIpc) is 2.05. The molecule has 0 bridgehead atoms. The van der Waals surface area contributed by atoms with Crippen LogP contribution in [0.3, 0.4) is 0 Å². The molecule has 1 atom stereocenters. The van der Waals surface area contributed by atoms with Gasteiger partial charge in [0.15, 0.2) is 0 Å². The largest absolute Gasteiger partial charge is 0.107 e. The molecular formula is C9H19P. The molecule has 1 fully saturated rings. The van der Waals surface area contributed by atoms with E-state index < -0.39 is 0 Å². The maximum Gasteiger partial charge on any atom is -0.0212 e. The van der Waals surface area contributed by atoms with E-state index in [1.54, 1.807) is 0 Å². The SMILES string of the molecule is CCP(C)C1CCCCC1. The van der Waals surface area contributed by atoms with Gasteiger partial charge in [0.2, 0.25) is 0 Å². The molecular weight excluding hydrogens is 139 g/mol. The molecule has 1 heteroatoms. The highest BCUT2D eigenvalue weighted by atomic mass is 31.1. The van der Waals surface area contributed by atoms with Gasteiger partial charge in [0.1, 0.15) is 0 Å². The van der Waals surface area contributed by atoms with Gasteiger partial charge < -0.3 is 0 Å². The Hall–Kier alpha value is 0.430. The van der Waals surface area contributed by atoms with Gasteiger partial charge in [-0.15, -0.1) is 7.92 Å². The van der Waals surface area contributed by atoms with Gasteiger partial charge in [-0.05, 0) is 31.3 Å². The van der Waals surface area contributed by atoms with Crippen molar-refractivity contribution in [3.8, 4) is 0 Å². The van der Waals surface area contributed by atoms with E-state index in [0.29, 0.717) is 7.92 Å². The molecule has 60 valence electrons. The monoisotopic (exact) mass is 158 g/mol. The maximum atomic E-state index is 2.48. The number of rotatable bonds is 2. The normalized spacial score (nSPS) is 24.6. The predicted molar refractivity (Wildman–Crippen MR) is 50.3 cm³/mol. The minimum absolute atomic E-state index is 0.403. The van der Waals surface area contributed by atoms with Crippen LogP contribution in [-0.2, 0) is 0 Å². The van der Waals surface area contributed by atoms with Gasteiger partial charge in [-0.2, -0.15) is 0 Å². The van der Waals surface area contributed by atoms with Crippen LogP contribution < -0.4 is 0 Å². The third-order valence-electron chi connectivity index (χ3n) is 2.70. The van der Waals surface area contributed by atoms with Crippen LogP contribution in [0, 0.1) is 0 Å². The Morgan fingerprint density at radius 3 is 2.30 bits per heavy atom. The molecule has 1 saturated carbocycles. The molecule has 0 nitrogen and oxygen atoms in total. The summed E-state index contributed by atoms with van der Waals surface area (Å²) in [5, 5.41) is 0. The predicted octanol–water partition coefficient (Wildman–Crippen LogP) is 3.45. The molecule has 1 aliphatic rings. The molecule has 0 N–H and O–H groups in total. The molecule has 0 aromatic rings. The van der Waals surface area contributed by atoms with Crippen molar-refractivity contribution in [2.75, 3.05) is 12.8 Å². The van der Waals surface area contributed by atoms with Gasteiger partial charge in [0, 0.05) is 0 Å². The van der Waals surface area contributed by atoms with Gasteiger partial charge in [-0.1, -0.05) is 26.2 Å². The Morgan fingerprint density at radius 1 is 1.20 bits per heavy atom. The first kappa shape index (κ1) is 8.53. The standard InChI is InChI=1S/C9H19P/c1-3-10(2)9-7-5-4-6-8-9/h9H,3-8H2,1-2H3. The second-order valence-electron chi connectivity index (χ2n) is 3.37. The van der Waals surface area contributed by atoms with Crippen molar-refractivity contribution in [1.82, 2.24) is 0 Å². The summed E-state index contributed by atoms with van der Waals surface area (Å²) in [6, 6.07) is 0. The highest BCUT2D eigenvalue weighted by Crippen LogP contribution is 2.43. The number of hydrogen-bond acceptors (Lipinski definition) is 0. The third kappa shape index (κ3) is 2.23. The molecule has 0 aliphatic heterocycles. The van der Waals surface area contributed by atoms with Crippen LogP contribution in [0.1, 0.15) is 39.0 Å². The Morgan fingerprint density at radius 2 is 1.80 bits per heavy atom. The highest BCUT2D eigenvalue weighted by Gasteiger charge is 2.17. The van der Waals surface area contributed by atoms with Crippen molar-refractivity contribution in [1.29, 1.82) is 0 Å². The van der Waals surface area contributed by atoms with E-state index in [1.807, 2.05) is 0 Å². The summed E-state index contributed by atoms with van der Waals surface area (Å²) in [5.74, 6) is 0. The van der Waals surface area contributed by atoms with Gasteiger partial charge in [0.05, 0.1) is 0 Å². The fourth-order valence-corrected chi connectivity index (χ4v) is 3.54. The molecule has 1 unspecified atom stereocenters.